The fourth-order valence-corrected chi connectivity index (χ4v) is 18.5. The molecule has 6 aromatic rings. The van der Waals surface area contributed by atoms with E-state index in [9.17, 15) is 41.1 Å². The van der Waals surface area contributed by atoms with Gasteiger partial charge in [0.1, 0.15) is 58.4 Å². The van der Waals surface area contributed by atoms with Crippen LogP contribution in [0, 0.1) is 41.5 Å². The highest BCUT2D eigenvalue weighted by molar-refractivity contribution is 7.98. The predicted molar refractivity (Wildman–Crippen MR) is 467 cm³/mol. The third-order valence-electron chi connectivity index (χ3n) is 21.4. The summed E-state index contributed by atoms with van der Waals surface area (Å²) in [5.74, 6) is -7.51. The number of guanidine groups is 2. The number of thioether (sulfide) groups is 1. The Morgan fingerprint density at radius 1 is 0.574 bits per heavy atom. The lowest BCUT2D eigenvalue weighted by Crippen LogP contribution is -2.60. The number of aliphatic carboxylic acids is 1. The van der Waals surface area contributed by atoms with Crippen LogP contribution in [0.4, 0.5) is 0 Å². The second-order valence-corrected chi connectivity index (χ2v) is 37.5. The molecule has 2 aliphatic rings. The van der Waals surface area contributed by atoms with Crippen molar-refractivity contribution in [3.8, 4) is 11.5 Å². The largest absolute Gasteiger partial charge is 0.487 e. The number of amides is 6. The molecule has 0 saturated carbocycles. The molecule has 15 N–H and O–H groups in total. The Hall–Kier alpha value is -10.6. The lowest BCUT2D eigenvalue weighted by Gasteiger charge is -2.37. The van der Waals surface area contributed by atoms with Crippen LogP contribution in [0.25, 0.3) is 0 Å². The highest BCUT2D eigenvalue weighted by Crippen LogP contribution is 2.46. The van der Waals surface area contributed by atoms with Crippen LogP contribution in [0.2, 0.25) is 0 Å². The first kappa shape index (κ1) is 96.8. The van der Waals surface area contributed by atoms with Gasteiger partial charge in [0.15, 0.2) is 6.04 Å². The minimum atomic E-state index is -4.41. The van der Waals surface area contributed by atoms with Crippen LogP contribution in [0.3, 0.4) is 0 Å². The van der Waals surface area contributed by atoms with E-state index in [1.165, 1.54) is 18.7 Å². The zero-order chi connectivity index (χ0) is 90.0. The number of rotatable bonds is 42. The van der Waals surface area contributed by atoms with Crippen LogP contribution < -0.4 is 68.0 Å². The number of esters is 1. The van der Waals surface area contributed by atoms with Gasteiger partial charge < -0.3 is 77.7 Å². The number of benzene rings is 5. The summed E-state index contributed by atoms with van der Waals surface area (Å²) in [6.45, 7) is 25.2. The highest BCUT2D eigenvalue weighted by atomic mass is 32.2. The molecule has 1 aromatic heterocycles. The SMILES string of the molecule is CCCCOC(=O)CC[C@H](NC(=O)[C@H](CCCN=C(N)NS(=O)(=O)c1c(C)c(C)c2c(c1C)CC(C)(C)O2)NC(=O)[C@H](Cc1cn(C(c2ccccc2)(c2ccccc2)c2ccccc2)cn1)NC(=O)[C@H](C)N)C(=O)N[C@@H](CCCN=C(N)NS(=O)(=O)c1c(C)c(C)c2c(c1C)CC(C)(C)O2)C(=O)N[C@@H](CCSC)C(=O)N[C@@H](COC(C)(C)C)C(=O)O. The van der Waals surface area contributed by atoms with Gasteiger partial charge in [0, 0.05) is 56.1 Å². The third-order valence-corrected chi connectivity index (χ3v) is 25.3. The standard InChI is InChI=1S/C87H121N15O17S3/c1-17-18-43-116-70(103)39-38-66(78(107)94-64(77(106)97-67(40-44-120-16)79(108)99-69(81(110)111)49-117-84(9,10)11)36-28-41-91-82(89)100-121(112,113)73-53(4)51(2)71-62(55(73)6)46-85(12,13)118-71)96-76(105)65(37-29-42-92-83(90)101-122(114,115)74-54(5)52(3)72-63(56(74)7)47-86(14,15)119-72)95-80(109)68(98-75(104)57(8)88)45-61-48-102(50-93-61)87(58-30-22-19-23-31-58,59-32-24-20-25-33-59)60-34-26-21-27-35-60/h19-27,30-35,48,50,57,64-69H,17-18,28-29,36-47,49,88H2,1-16H3,(H,94,107)(H,95,109)(H,96,105)(H,97,106)(H,98,104)(H,99,108)(H,110,111)(H3,89,91,100)(H3,90,92,101)/t57-,64-,65-,66-,67-,68-,69-/m0/s1. The number of carbonyl (C=O) groups excluding carboxylic acids is 7. The lowest BCUT2D eigenvalue weighted by atomic mass is 9.77. The Bertz CT molecular complexity index is 4960. The number of fused-ring (bicyclic) bond motifs is 2. The molecular formula is C87H121N15O17S3. The van der Waals surface area contributed by atoms with Gasteiger partial charge in [-0.15, -0.1) is 0 Å². The van der Waals surface area contributed by atoms with Crippen molar-refractivity contribution in [1.82, 2.24) is 50.9 Å². The van der Waals surface area contributed by atoms with Crippen LogP contribution in [0.5, 0.6) is 11.5 Å². The molecule has 32 nitrogen and oxygen atoms in total. The van der Waals surface area contributed by atoms with Gasteiger partial charge in [-0.3, -0.25) is 43.5 Å². The number of ether oxygens (including phenoxy) is 4. The van der Waals surface area contributed by atoms with E-state index < -0.39 is 163 Å². The average Bonchev–Trinajstić information content (AvgIpc) is 1.32. The zero-order valence-electron chi connectivity index (χ0n) is 72.6. The number of hydrogen-bond donors (Lipinski definition) is 12. The molecule has 0 saturated heterocycles. The van der Waals surface area contributed by atoms with E-state index in [1.807, 2.05) is 130 Å². The zero-order valence-corrected chi connectivity index (χ0v) is 75.1. The maximum Gasteiger partial charge on any atom is 0.328 e. The normalized spacial score (nSPS) is 15.5. The van der Waals surface area contributed by atoms with Crippen molar-refractivity contribution < 1.29 is 79.2 Å². The molecule has 2 aliphatic heterocycles. The van der Waals surface area contributed by atoms with Crippen LogP contribution in [0.1, 0.15) is 187 Å². The Balaban J connectivity index is 1.16. The molecule has 122 heavy (non-hydrogen) atoms. The summed E-state index contributed by atoms with van der Waals surface area (Å²) in [6, 6.07) is 18.3. The summed E-state index contributed by atoms with van der Waals surface area (Å²) >= 11 is 1.31. The maximum atomic E-state index is 15.6. The summed E-state index contributed by atoms with van der Waals surface area (Å²) in [4.78, 5) is 129. The molecule has 0 aliphatic carbocycles. The van der Waals surface area contributed by atoms with Crippen LogP contribution >= 0.6 is 11.8 Å². The number of aliphatic imine (C=N–C) groups is 2. The topological polar surface area (TPSA) is 479 Å². The summed E-state index contributed by atoms with van der Waals surface area (Å²) in [5, 5.41) is 26.3. The third kappa shape index (κ3) is 25.1. The predicted octanol–water partition coefficient (Wildman–Crippen LogP) is 6.72. The minimum Gasteiger partial charge on any atom is -0.487 e. The highest BCUT2D eigenvalue weighted by Gasteiger charge is 2.43. The van der Waals surface area contributed by atoms with E-state index in [4.69, 9.17) is 41.1 Å². The van der Waals surface area contributed by atoms with E-state index in [-0.39, 0.29) is 73.8 Å². The second-order valence-electron chi connectivity index (χ2n) is 33.2. The fraction of sp³-hybridized carbons (Fsp3) is 0.506. The first-order chi connectivity index (χ1) is 57.3. The number of nitrogens with two attached hydrogens (primary N) is 3. The molecule has 8 rings (SSSR count). The van der Waals surface area contributed by atoms with Gasteiger partial charge in [-0.25, -0.2) is 36.1 Å². The smallest absolute Gasteiger partial charge is 0.328 e. The molecule has 0 radical (unpaired) electrons. The molecule has 6 amide bonds. The maximum absolute atomic E-state index is 15.6. The van der Waals surface area contributed by atoms with Gasteiger partial charge in [0.25, 0.3) is 20.0 Å². The van der Waals surface area contributed by atoms with E-state index in [2.05, 4.69) is 51.3 Å². The van der Waals surface area contributed by atoms with Gasteiger partial charge in [-0.05, 0) is 204 Å². The van der Waals surface area contributed by atoms with Crippen LogP contribution in [-0.2, 0) is 92.7 Å². The van der Waals surface area contributed by atoms with Crippen molar-refractivity contribution in [3.63, 3.8) is 0 Å². The molecule has 7 atom stereocenters. The van der Waals surface area contributed by atoms with Crippen molar-refractivity contribution in [1.29, 1.82) is 0 Å². The monoisotopic (exact) mass is 1740 g/mol. The van der Waals surface area contributed by atoms with Crippen molar-refractivity contribution in [2.24, 2.45) is 27.2 Å². The fourth-order valence-electron chi connectivity index (χ4n) is 14.9. The number of nitrogens with zero attached hydrogens (tertiary/aromatic N) is 4. The van der Waals surface area contributed by atoms with Gasteiger partial charge in [0.05, 0.1) is 46.7 Å². The van der Waals surface area contributed by atoms with E-state index in [0.29, 0.717) is 76.3 Å². The number of unbranched alkanes of at least 4 members (excludes halogenated alkanes) is 1. The molecule has 0 bridgehead atoms. The average molecular weight is 1750 g/mol. The number of aromatic nitrogens is 2. The second kappa shape index (κ2) is 42.0. The van der Waals surface area contributed by atoms with Crippen molar-refractivity contribution in [2.45, 2.75) is 255 Å². The number of carboxylic acids is 1. The van der Waals surface area contributed by atoms with Gasteiger partial charge in [-0.1, -0.05) is 104 Å². The summed E-state index contributed by atoms with van der Waals surface area (Å²) in [5.41, 5.74) is 23.2. The Morgan fingerprint density at radius 3 is 1.36 bits per heavy atom. The molecule has 5 aromatic carbocycles. The molecule has 664 valence electrons. The lowest BCUT2D eigenvalue weighted by molar-refractivity contribution is -0.146. The van der Waals surface area contributed by atoms with E-state index in [1.54, 1.807) is 81.1 Å². The number of carbonyl (C=O) groups is 8. The number of sulfonamides is 2. The quantitative estimate of drug-likeness (QED) is 0.00621. The Labute approximate surface area is 719 Å². The molecular weight excluding hydrogens is 1620 g/mol. The Kier molecular flexibility index (Phi) is 33.3. The first-order valence-corrected chi connectivity index (χ1v) is 45.3. The molecule has 35 heteroatoms. The summed E-state index contributed by atoms with van der Waals surface area (Å²) < 4.78 is 87.6. The summed E-state index contributed by atoms with van der Waals surface area (Å²) in [6.07, 6.45) is 4.84. The first-order valence-electron chi connectivity index (χ1n) is 40.9. The number of carboxylic acid groups (broad SMARTS) is 1. The number of imidazole rings is 1. The van der Waals surface area contributed by atoms with E-state index >= 15 is 19.2 Å². The van der Waals surface area contributed by atoms with Crippen molar-refractivity contribution in [2.75, 3.05) is 38.3 Å². The van der Waals surface area contributed by atoms with Crippen LogP contribution in [-0.4, -0.2) is 188 Å². The van der Waals surface area contributed by atoms with Gasteiger partial charge in [0.2, 0.25) is 47.4 Å². The Morgan fingerprint density at radius 2 is 0.967 bits per heavy atom. The minimum absolute atomic E-state index is 0.00957. The number of nitrogens with one attached hydrogen (secondary N) is 8. The van der Waals surface area contributed by atoms with Gasteiger partial charge >= 0.3 is 11.9 Å². The van der Waals surface area contributed by atoms with Gasteiger partial charge in [-0.2, -0.15) is 11.8 Å². The molecule has 3 heterocycles. The number of hydrogen-bond acceptors (Lipinski definition) is 21. The van der Waals surface area contributed by atoms with Crippen molar-refractivity contribution >= 4 is 91.1 Å². The van der Waals surface area contributed by atoms with E-state index in [0.717, 1.165) is 27.8 Å². The molecule has 0 unspecified atom stereocenters. The van der Waals surface area contributed by atoms with Crippen LogP contribution in [0.15, 0.2) is 123 Å². The van der Waals surface area contributed by atoms with Crippen molar-refractivity contribution in [3.05, 3.63) is 170 Å². The molecule has 0 fully saturated rings. The summed E-state index contributed by atoms with van der Waals surface area (Å²) in [7, 11) is -8.80. The molecule has 0 spiro atoms.